The van der Waals surface area contributed by atoms with E-state index in [2.05, 4.69) is 9.47 Å². The summed E-state index contributed by atoms with van der Waals surface area (Å²) in [4.78, 5) is 30.5. The highest BCUT2D eigenvalue weighted by Gasteiger charge is 2.35. The molecule has 0 N–H and O–H groups in total. The van der Waals surface area contributed by atoms with Gasteiger partial charge in [0.25, 0.3) is 5.69 Å². The maximum atomic E-state index is 12.3. The summed E-state index contributed by atoms with van der Waals surface area (Å²) in [5.74, 6) is -1.07. The van der Waals surface area contributed by atoms with Gasteiger partial charge in [0.2, 0.25) is 0 Å². The van der Waals surface area contributed by atoms with Crippen LogP contribution in [0.5, 0.6) is 0 Å². The fraction of sp³-hybridized carbons (Fsp3) is 0.429. The van der Waals surface area contributed by atoms with Gasteiger partial charge in [0, 0.05) is 6.07 Å². The molecule has 146 valence electrons. The average molecular weight is 420 g/mol. The van der Waals surface area contributed by atoms with E-state index in [0.29, 0.717) is 12.1 Å². The molecule has 26 heavy (non-hydrogen) atoms. The summed E-state index contributed by atoms with van der Waals surface area (Å²) in [5, 5.41) is 9.22. The molecule has 0 aromatic heterocycles. The van der Waals surface area contributed by atoms with Crippen LogP contribution in [0.4, 0.5) is 18.9 Å². The molecule has 0 unspecified atom stereocenters. The fourth-order valence-electron chi connectivity index (χ4n) is 1.44. The molecular formula is C14H14Cl2F3NO6. The summed E-state index contributed by atoms with van der Waals surface area (Å²) in [6, 6.07) is 1.01. The third-order valence-electron chi connectivity index (χ3n) is 2.44. The van der Waals surface area contributed by atoms with E-state index < -0.39 is 44.3 Å². The molecule has 1 aromatic carbocycles. The first kappa shape index (κ1) is 23.9. The summed E-state index contributed by atoms with van der Waals surface area (Å²) in [6.07, 6.45) is -5.03. The average Bonchev–Trinajstić information content (AvgIpc) is 2.46. The van der Waals surface area contributed by atoms with Gasteiger partial charge in [0.05, 0.1) is 28.7 Å². The quantitative estimate of drug-likeness (QED) is 0.303. The summed E-state index contributed by atoms with van der Waals surface area (Å²) < 4.78 is 45.9. The highest BCUT2D eigenvalue weighted by atomic mass is 35.5. The van der Waals surface area contributed by atoms with Crippen LogP contribution in [-0.2, 0) is 25.2 Å². The SMILES string of the molecule is CCOC(=O)CC(=O)OCC.O=[N+]([O-])c1cc(C(F)(F)F)c(Cl)cc1Cl. The van der Waals surface area contributed by atoms with E-state index in [4.69, 9.17) is 23.2 Å². The molecule has 0 atom stereocenters. The maximum absolute atomic E-state index is 12.3. The molecule has 0 saturated carbocycles. The lowest BCUT2D eigenvalue weighted by molar-refractivity contribution is -0.385. The summed E-state index contributed by atoms with van der Waals surface area (Å²) in [7, 11) is 0. The van der Waals surface area contributed by atoms with Gasteiger partial charge < -0.3 is 9.47 Å². The molecule has 1 aromatic rings. The molecule has 0 aliphatic carbocycles. The van der Waals surface area contributed by atoms with Crippen molar-refractivity contribution >= 4 is 40.8 Å². The number of nitro benzene ring substituents is 1. The molecule has 0 fully saturated rings. The van der Waals surface area contributed by atoms with E-state index in [1.807, 2.05) is 0 Å². The topological polar surface area (TPSA) is 95.7 Å². The molecule has 1 rings (SSSR count). The zero-order chi connectivity index (χ0) is 20.5. The Morgan fingerprint density at radius 3 is 1.88 bits per heavy atom. The number of nitrogens with zero attached hydrogens (tertiary/aromatic N) is 1. The van der Waals surface area contributed by atoms with Crippen molar-refractivity contribution in [3.8, 4) is 0 Å². The number of ether oxygens (including phenoxy) is 2. The predicted molar refractivity (Wildman–Crippen MR) is 86.0 cm³/mol. The van der Waals surface area contributed by atoms with Gasteiger partial charge in [-0.3, -0.25) is 19.7 Å². The minimum atomic E-state index is -4.74. The molecule has 12 heteroatoms. The molecule has 0 radical (unpaired) electrons. The van der Waals surface area contributed by atoms with Gasteiger partial charge >= 0.3 is 18.1 Å². The van der Waals surface area contributed by atoms with E-state index in [-0.39, 0.29) is 19.6 Å². The van der Waals surface area contributed by atoms with Crippen molar-refractivity contribution < 1.29 is 37.2 Å². The molecule has 0 aliphatic heterocycles. The summed E-state index contributed by atoms with van der Waals surface area (Å²) in [5.41, 5.74) is -2.10. The number of hydrogen-bond donors (Lipinski definition) is 0. The number of halogens is 5. The van der Waals surface area contributed by atoms with Crippen LogP contribution in [0.25, 0.3) is 0 Å². The largest absolute Gasteiger partial charge is 0.466 e. The first-order valence-corrected chi connectivity index (χ1v) is 7.71. The lowest BCUT2D eigenvalue weighted by atomic mass is 10.2. The van der Waals surface area contributed by atoms with E-state index in [1.165, 1.54) is 0 Å². The Hall–Kier alpha value is -2.07. The number of hydrogen-bond acceptors (Lipinski definition) is 6. The Labute approximate surface area is 156 Å². The van der Waals surface area contributed by atoms with Crippen LogP contribution in [0, 0.1) is 10.1 Å². The molecule has 0 saturated heterocycles. The van der Waals surface area contributed by atoms with Crippen LogP contribution < -0.4 is 0 Å². The van der Waals surface area contributed by atoms with Crippen molar-refractivity contribution in [1.29, 1.82) is 0 Å². The van der Waals surface area contributed by atoms with Gasteiger partial charge in [0.1, 0.15) is 11.4 Å². The lowest BCUT2D eigenvalue weighted by Gasteiger charge is -2.08. The molecule has 0 spiro atoms. The number of alkyl halides is 3. The van der Waals surface area contributed by atoms with Crippen molar-refractivity contribution in [2.75, 3.05) is 13.2 Å². The van der Waals surface area contributed by atoms with Gasteiger partial charge in [-0.15, -0.1) is 0 Å². The van der Waals surface area contributed by atoms with Crippen molar-refractivity contribution in [3.63, 3.8) is 0 Å². The number of carbonyl (C=O) groups is 2. The third kappa shape index (κ3) is 8.34. The molecule has 7 nitrogen and oxygen atoms in total. The van der Waals surface area contributed by atoms with Crippen LogP contribution in [0.2, 0.25) is 10.0 Å². The van der Waals surface area contributed by atoms with Crippen LogP contribution >= 0.6 is 23.2 Å². The fourth-order valence-corrected chi connectivity index (χ4v) is 2.00. The number of carbonyl (C=O) groups excluding carboxylic acids is 2. The molecule has 0 aliphatic rings. The molecule has 0 bridgehead atoms. The van der Waals surface area contributed by atoms with Crippen LogP contribution in [0.15, 0.2) is 12.1 Å². The second-order valence-corrected chi connectivity index (χ2v) is 5.14. The Morgan fingerprint density at radius 2 is 1.54 bits per heavy atom. The van der Waals surface area contributed by atoms with Gasteiger partial charge in [-0.25, -0.2) is 0 Å². The zero-order valence-electron chi connectivity index (χ0n) is 13.6. The zero-order valence-corrected chi connectivity index (χ0v) is 15.1. The van der Waals surface area contributed by atoms with E-state index in [1.54, 1.807) is 13.8 Å². The number of esters is 2. The van der Waals surface area contributed by atoms with Crippen LogP contribution in [0.1, 0.15) is 25.8 Å². The number of nitro groups is 1. The molecule has 0 heterocycles. The number of rotatable bonds is 5. The monoisotopic (exact) mass is 419 g/mol. The van der Waals surface area contributed by atoms with Crippen molar-refractivity contribution in [1.82, 2.24) is 0 Å². The van der Waals surface area contributed by atoms with Crippen LogP contribution in [0.3, 0.4) is 0 Å². The van der Waals surface area contributed by atoms with E-state index >= 15 is 0 Å². The van der Waals surface area contributed by atoms with Crippen molar-refractivity contribution in [3.05, 3.63) is 37.9 Å². The molecule has 0 amide bonds. The minimum absolute atomic E-state index is 0.290. The maximum Gasteiger partial charge on any atom is 0.418 e. The summed E-state index contributed by atoms with van der Waals surface area (Å²) >= 11 is 10.6. The van der Waals surface area contributed by atoms with Gasteiger partial charge in [0.15, 0.2) is 0 Å². The van der Waals surface area contributed by atoms with Gasteiger partial charge in [-0.05, 0) is 19.9 Å². The van der Waals surface area contributed by atoms with Crippen LogP contribution in [-0.4, -0.2) is 30.1 Å². The Bertz CT molecular complexity index is 651. The Balaban J connectivity index is 0.000000508. The highest BCUT2D eigenvalue weighted by molar-refractivity contribution is 6.36. The molecular weight excluding hydrogens is 406 g/mol. The Kier molecular flexibility index (Phi) is 9.96. The first-order chi connectivity index (χ1) is 11.9. The number of benzene rings is 1. The lowest BCUT2D eigenvalue weighted by Crippen LogP contribution is -2.13. The third-order valence-corrected chi connectivity index (χ3v) is 3.05. The second kappa shape index (κ2) is 10.8. The van der Waals surface area contributed by atoms with Gasteiger partial charge in [-0.1, -0.05) is 23.2 Å². The van der Waals surface area contributed by atoms with Crippen molar-refractivity contribution in [2.24, 2.45) is 0 Å². The van der Waals surface area contributed by atoms with Gasteiger partial charge in [-0.2, -0.15) is 13.2 Å². The second-order valence-electron chi connectivity index (χ2n) is 4.33. The first-order valence-electron chi connectivity index (χ1n) is 6.95. The standard InChI is InChI=1S/C7H2Cl2F3NO2.C7H12O4/c8-4-2-5(9)6(13(14)15)1-3(4)7(10,11)12;1-3-10-6(8)5-7(9)11-4-2/h1-2H;3-5H2,1-2H3. The van der Waals surface area contributed by atoms with E-state index in [0.717, 1.165) is 0 Å². The Morgan fingerprint density at radius 1 is 1.08 bits per heavy atom. The highest BCUT2D eigenvalue weighted by Crippen LogP contribution is 2.39. The smallest absolute Gasteiger partial charge is 0.418 e. The normalized spacial score (nSPS) is 10.4. The predicted octanol–water partition coefficient (Wildman–Crippen LogP) is 4.42. The minimum Gasteiger partial charge on any atom is -0.466 e. The van der Waals surface area contributed by atoms with Crippen molar-refractivity contribution in [2.45, 2.75) is 26.4 Å². The summed E-state index contributed by atoms with van der Waals surface area (Å²) in [6.45, 7) is 3.95. The van der Waals surface area contributed by atoms with E-state index in [9.17, 15) is 32.9 Å².